The molecule has 0 aliphatic heterocycles. The first-order valence-corrected chi connectivity index (χ1v) is 20.5. The minimum absolute atomic E-state index is 1.23. The lowest BCUT2D eigenvalue weighted by atomic mass is 9.87. The zero-order valence-electron chi connectivity index (χ0n) is 31.0. The van der Waals surface area contributed by atoms with Gasteiger partial charge in [0.05, 0.1) is 0 Å². The molecule has 0 spiro atoms. The Morgan fingerprint density at radius 3 is 0.772 bits per heavy atom. The fourth-order valence-electron chi connectivity index (χ4n) is 9.39. The number of hydrogen-bond donors (Lipinski definition) is 0. The van der Waals surface area contributed by atoms with Gasteiger partial charge in [-0.2, -0.15) is 0 Å². The summed E-state index contributed by atoms with van der Waals surface area (Å²) < 4.78 is 0. The van der Waals surface area contributed by atoms with Crippen LogP contribution in [-0.4, -0.2) is 0 Å². The molecule has 12 rings (SSSR count). The van der Waals surface area contributed by atoms with Crippen molar-refractivity contribution in [3.63, 3.8) is 0 Å². The maximum atomic E-state index is 2.31. The molecule has 0 saturated carbocycles. The van der Waals surface area contributed by atoms with Crippen LogP contribution in [0.2, 0.25) is 0 Å². The molecule has 0 nitrogen and oxygen atoms in total. The van der Waals surface area contributed by atoms with Crippen molar-refractivity contribution in [2.45, 2.75) is 9.79 Å². The molecule has 0 atom stereocenters. The molecule has 57 heavy (non-hydrogen) atoms. The predicted octanol–water partition coefficient (Wildman–Crippen LogP) is 16.3. The molecule has 0 amide bonds. The van der Waals surface area contributed by atoms with Gasteiger partial charge in [0.15, 0.2) is 0 Å². The summed E-state index contributed by atoms with van der Waals surface area (Å²) in [4.78, 5) is 2.46. The van der Waals surface area contributed by atoms with Gasteiger partial charge in [0, 0.05) is 9.79 Å². The summed E-state index contributed by atoms with van der Waals surface area (Å²) in [6.45, 7) is 0. The number of benzene rings is 12. The summed E-state index contributed by atoms with van der Waals surface area (Å²) in [7, 11) is 0. The highest BCUT2D eigenvalue weighted by molar-refractivity contribution is 7.99. The van der Waals surface area contributed by atoms with Crippen molar-refractivity contribution < 1.29 is 0 Å². The van der Waals surface area contributed by atoms with Crippen LogP contribution >= 0.6 is 11.8 Å². The van der Waals surface area contributed by atoms with Gasteiger partial charge in [0.2, 0.25) is 0 Å². The van der Waals surface area contributed by atoms with E-state index in [1.807, 2.05) is 11.8 Å². The van der Waals surface area contributed by atoms with E-state index < -0.39 is 0 Å². The average molecular weight is 739 g/mol. The van der Waals surface area contributed by atoms with Crippen molar-refractivity contribution in [1.82, 2.24) is 0 Å². The maximum Gasteiger partial charge on any atom is 0.0122 e. The third kappa shape index (κ3) is 5.17. The predicted molar refractivity (Wildman–Crippen MR) is 246 cm³/mol. The van der Waals surface area contributed by atoms with Crippen LogP contribution in [-0.2, 0) is 0 Å². The van der Waals surface area contributed by atoms with Gasteiger partial charge in [-0.1, -0.05) is 194 Å². The first-order chi connectivity index (χ1) is 28.2. The first-order valence-electron chi connectivity index (χ1n) is 19.7. The standard InChI is InChI=1S/C56H34S/c1-3-7-35(8-4-1)45-27-15-39-21-33-51-47(29-17-41-19-31-49(45)53(39)55(41)51)37-11-23-43(24-12-37)57-44-25-13-38(14-26-44)48-30-18-42-20-32-50-46(36-9-5-2-6-10-36)28-16-40-22-34-52(48)56(42)54(40)50/h1-34H. The van der Waals surface area contributed by atoms with Gasteiger partial charge in [0.1, 0.15) is 0 Å². The summed E-state index contributed by atoms with van der Waals surface area (Å²) in [6.07, 6.45) is 0. The van der Waals surface area contributed by atoms with E-state index in [4.69, 9.17) is 0 Å². The third-order valence-electron chi connectivity index (χ3n) is 12.1. The van der Waals surface area contributed by atoms with E-state index in [1.165, 1.54) is 119 Å². The highest BCUT2D eigenvalue weighted by Gasteiger charge is 2.17. The number of rotatable bonds is 6. The molecule has 0 aliphatic carbocycles. The molecule has 0 fully saturated rings. The highest BCUT2D eigenvalue weighted by atomic mass is 32.2. The molecular formula is C56H34S. The van der Waals surface area contributed by atoms with E-state index in [1.54, 1.807) is 0 Å². The van der Waals surface area contributed by atoms with Crippen LogP contribution in [0.3, 0.4) is 0 Å². The Labute approximate surface area is 335 Å². The molecule has 1 heteroatoms. The Morgan fingerprint density at radius 2 is 0.474 bits per heavy atom. The Kier molecular flexibility index (Phi) is 7.27. The van der Waals surface area contributed by atoms with Gasteiger partial charge < -0.3 is 0 Å². The van der Waals surface area contributed by atoms with Crippen molar-refractivity contribution in [3.8, 4) is 44.5 Å². The van der Waals surface area contributed by atoms with Crippen LogP contribution in [0.4, 0.5) is 0 Å². The normalized spacial score (nSPS) is 11.9. The molecule has 264 valence electrons. The van der Waals surface area contributed by atoms with Crippen LogP contribution in [0.1, 0.15) is 0 Å². The van der Waals surface area contributed by atoms with Gasteiger partial charge in [-0.15, -0.1) is 0 Å². The Bertz CT molecular complexity index is 3200. The highest BCUT2D eigenvalue weighted by Crippen LogP contribution is 2.45. The zero-order valence-corrected chi connectivity index (χ0v) is 31.9. The molecule has 0 unspecified atom stereocenters. The van der Waals surface area contributed by atoms with Crippen LogP contribution in [0.25, 0.3) is 109 Å². The molecule has 0 aromatic heterocycles. The zero-order chi connectivity index (χ0) is 37.5. The summed E-state index contributed by atoms with van der Waals surface area (Å²) in [5.74, 6) is 0. The SMILES string of the molecule is c1ccc(-c2ccc3ccc4c(-c5ccc(Sc6ccc(-c7ccc8ccc9c(-c%10ccccc%10)ccc%10ccc7c8c%109)cc6)cc5)ccc5ccc2c3c54)cc1. The van der Waals surface area contributed by atoms with Crippen molar-refractivity contribution in [1.29, 1.82) is 0 Å². The van der Waals surface area contributed by atoms with Crippen LogP contribution in [0.5, 0.6) is 0 Å². The van der Waals surface area contributed by atoms with Crippen molar-refractivity contribution >= 4 is 76.4 Å². The smallest absolute Gasteiger partial charge is 0.0122 e. The molecule has 0 N–H and O–H groups in total. The van der Waals surface area contributed by atoms with Gasteiger partial charge in [-0.05, 0) is 133 Å². The first kappa shape index (κ1) is 32.3. The van der Waals surface area contributed by atoms with Crippen LogP contribution in [0, 0.1) is 0 Å². The quantitative estimate of drug-likeness (QED) is 0.153. The lowest BCUT2D eigenvalue weighted by Crippen LogP contribution is -1.89. The Morgan fingerprint density at radius 1 is 0.211 bits per heavy atom. The summed E-state index contributed by atoms with van der Waals surface area (Å²) in [5.41, 5.74) is 10.1. The second-order valence-electron chi connectivity index (χ2n) is 15.2. The Hall–Kier alpha value is -6.93. The third-order valence-corrected chi connectivity index (χ3v) is 13.1. The van der Waals surface area contributed by atoms with Gasteiger partial charge in [0.25, 0.3) is 0 Å². The largest absolute Gasteiger partial charge is 0.0901 e. The van der Waals surface area contributed by atoms with Crippen molar-refractivity contribution in [2.75, 3.05) is 0 Å². The second-order valence-corrected chi connectivity index (χ2v) is 16.3. The molecule has 0 radical (unpaired) electrons. The molecule has 0 saturated heterocycles. The van der Waals surface area contributed by atoms with E-state index in [-0.39, 0.29) is 0 Å². The van der Waals surface area contributed by atoms with Crippen molar-refractivity contribution in [3.05, 3.63) is 206 Å². The topological polar surface area (TPSA) is 0 Å². The summed E-state index contributed by atoms with van der Waals surface area (Å²) in [5, 5.41) is 15.8. The van der Waals surface area contributed by atoms with Crippen LogP contribution in [0.15, 0.2) is 216 Å². The lowest BCUT2D eigenvalue weighted by Gasteiger charge is -2.17. The van der Waals surface area contributed by atoms with Gasteiger partial charge in [-0.3, -0.25) is 0 Å². The molecule has 12 aromatic rings. The summed E-state index contributed by atoms with van der Waals surface area (Å²) >= 11 is 1.81. The van der Waals surface area contributed by atoms with Crippen LogP contribution < -0.4 is 0 Å². The summed E-state index contributed by atoms with van der Waals surface area (Å²) in [6, 6.07) is 76.4. The Balaban J connectivity index is 0.860. The minimum Gasteiger partial charge on any atom is -0.0901 e. The maximum absolute atomic E-state index is 2.31. The molecule has 12 aromatic carbocycles. The van der Waals surface area contributed by atoms with E-state index in [0.717, 1.165) is 0 Å². The van der Waals surface area contributed by atoms with Gasteiger partial charge >= 0.3 is 0 Å². The molecular weight excluding hydrogens is 705 g/mol. The van der Waals surface area contributed by atoms with E-state index in [0.29, 0.717) is 0 Å². The average Bonchev–Trinajstić information content (AvgIpc) is 3.28. The number of hydrogen-bond acceptors (Lipinski definition) is 1. The van der Waals surface area contributed by atoms with E-state index >= 15 is 0 Å². The van der Waals surface area contributed by atoms with E-state index in [2.05, 4.69) is 206 Å². The fourth-order valence-corrected chi connectivity index (χ4v) is 10.2. The lowest BCUT2D eigenvalue weighted by molar-refractivity contribution is 1.41. The minimum atomic E-state index is 1.23. The monoisotopic (exact) mass is 738 g/mol. The molecule has 0 bridgehead atoms. The molecule has 0 aliphatic rings. The second kappa shape index (κ2) is 12.8. The van der Waals surface area contributed by atoms with Gasteiger partial charge in [-0.25, -0.2) is 0 Å². The van der Waals surface area contributed by atoms with Crippen molar-refractivity contribution in [2.24, 2.45) is 0 Å². The van der Waals surface area contributed by atoms with E-state index in [9.17, 15) is 0 Å². The molecule has 0 heterocycles. The fraction of sp³-hybridized carbons (Fsp3) is 0.